The molecule has 2 aliphatic heterocycles. The van der Waals surface area contributed by atoms with Crippen molar-refractivity contribution in [2.75, 3.05) is 25.4 Å². The number of nitrogens with two attached hydrogens (primary N) is 1. The van der Waals surface area contributed by atoms with Gasteiger partial charge < -0.3 is 15.4 Å². The normalized spacial score (nSPS) is 17.7. The lowest BCUT2D eigenvalue weighted by Gasteiger charge is -2.44. The van der Waals surface area contributed by atoms with Gasteiger partial charge in [-0.25, -0.2) is 9.37 Å². The molecular formula is C22H21FN4O2S. The Morgan fingerprint density at radius 1 is 1.23 bits per heavy atom. The predicted molar refractivity (Wildman–Crippen MR) is 113 cm³/mol. The van der Waals surface area contributed by atoms with Crippen molar-refractivity contribution >= 4 is 23.1 Å². The number of hydrogen-bond donors (Lipinski definition) is 1. The van der Waals surface area contributed by atoms with Crippen LogP contribution in [0.3, 0.4) is 0 Å². The SMILES string of the molecule is Nc1cccc(-c2cc3c(s2)CCOC32CCN(C(=O)c3cncc(F)c3)CC2)n1. The number of halogens is 1. The highest BCUT2D eigenvalue weighted by atomic mass is 32.1. The van der Waals surface area contributed by atoms with E-state index >= 15 is 0 Å². The third kappa shape index (κ3) is 3.36. The lowest BCUT2D eigenvalue weighted by atomic mass is 9.82. The summed E-state index contributed by atoms with van der Waals surface area (Å²) in [6, 6.07) is 9.07. The second kappa shape index (κ2) is 7.45. The van der Waals surface area contributed by atoms with Crippen LogP contribution in [0, 0.1) is 5.82 Å². The quantitative estimate of drug-likeness (QED) is 0.679. The minimum Gasteiger partial charge on any atom is -0.384 e. The number of ether oxygens (including phenoxy) is 1. The van der Waals surface area contributed by atoms with Gasteiger partial charge in [-0.3, -0.25) is 9.78 Å². The number of aromatic nitrogens is 2. The smallest absolute Gasteiger partial charge is 0.255 e. The van der Waals surface area contributed by atoms with E-state index in [4.69, 9.17) is 10.5 Å². The van der Waals surface area contributed by atoms with Gasteiger partial charge in [-0.2, -0.15) is 0 Å². The van der Waals surface area contributed by atoms with Crippen molar-refractivity contribution in [2.45, 2.75) is 24.9 Å². The van der Waals surface area contributed by atoms with Gasteiger partial charge in [-0.15, -0.1) is 11.3 Å². The first-order valence-electron chi connectivity index (χ1n) is 9.94. The van der Waals surface area contributed by atoms with E-state index in [1.807, 2.05) is 12.1 Å². The first kappa shape index (κ1) is 19.1. The Hall–Kier alpha value is -2.84. The van der Waals surface area contributed by atoms with Crippen LogP contribution in [-0.4, -0.2) is 40.5 Å². The molecule has 1 fully saturated rings. The maximum atomic E-state index is 13.4. The second-order valence-electron chi connectivity index (χ2n) is 7.67. The van der Waals surface area contributed by atoms with Crippen LogP contribution in [0.1, 0.15) is 33.6 Å². The Kier molecular flexibility index (Phi) is 4.75. The van der Waals surface area contributed by atoms with Gasteiger partial charge in [0.05, 0.1) is 34.5 Å². The lowest BCUT2D eigenvalue weighted by Crippen LogP contribution is -2.48. The van der Waals surface area contributed by atoms with Crippen LogP contribution in [0.25, 0.3) is 10.6 Å². The monoisotopic (exact) mass is 424 g/mol. The Morgan fingerprint density at radius 3 is 2.83 bits per heavy atom. The van der Waals surface area contributed by atoms with Crippen molar-refractivity contribution in [3.63, 3.8) is 0 Å². The van der Waals surface area contributed by atoms with E-state index < -0.39 is 5.82 Å². The van der Waals surface area contributed by atoms with Gasteiger partial charge in [0.15, 0.2) is 0 Å². The molecule has 1 amide bonds. The van der Waals surface area contributed by atoms with E-state index in [0.29, 0.717) is 38.4 Å². The number of piperidine rings is 1. The van der Waals surface area contributed by atoms with Crippen molar-refractivity contribution in [1.82, 2.24) is 14.9 Å². The van der Waals surface area contributed by atoms with E-state index in [2.05, 4.69) is 16.0 Å². The second-order valence-corrected chi connectivity index (χ2v) is 8.81. The number of thiophene rings is 1. The number of carbonyl (C=O) groups is 1. The number of nitrogen functional groups attached to an aromatic ring is 1. The van der Waals surface area contributed by atoms with Crippen LogP contribution in [0.2, 0.25) is 0 Å². The third-order valence-corrected chi connectivity index (χ3v) is 7.06. The minimum absolute atomic E-state index is 0.192. The fraction of sp³-hybridized carbons (Fsp3) is 0.318. The van der Waals surface area contributed by atoms with Gasteiger partial charge >= 0.3 is 0 Å². The van der Waals surface area contributed by atoms with Gasteiger partial charge in [0.2, 0.25) is 0 Å². The number of anilines is 1. The molecule has 0 unspecified atom stereocenters. The molecule has 0 atom stereocenters. The molecule has 5 rings (SSSR count). The molecule has 0 aliphatic carbocycles. The lowest BCUT2D eigenvalue weighted by molar-refractivity contribution is -0.0926. The van der Waals surface area contributed by atoms with Gasteiger partial charge in [-0.1, -0.05) is 6.07 Å². The number of rotatable bonds is 2. The number of amides is 1. The molecule has 154 valence electrons. The van der Waals surface area contributed by atoms with Gasteiger partial charge in [0, 0.05) is 30.6 Å². The van der Waals surface area contributed by atoms with Crippen molar-refractivity contribution < 1.29 is 13.9 Å². The summed E-state index contributed by atoms with van der Waals surface area (Å²) in [6.45, 7) is 1.77. The summed E-state index contributed by atoms with van der Waals surface area (Å²) >= 11 is 1.74. The van der Waals surface area contributed by atoms with Crippen LogP contribution >= 0.6 is 11.3 Å². The Balaban J connectivity index is 1.38. The summed E-state index contributed by atoms with van der Waals surface area (Å²) in [5.74, 6) is -0.193. The first-order valence-corrected chi connectivity index (χ1v) is 10.8. The van der Waals surface area contributed by atoms with E-state index in [1.54, 1.807) is 22.3 Å². The zero-order valence-electron chi connectivity index (χ0n) is 16.3. The molecule has 1 spiro atoms. The number of nitrogens with zero attached hydrogens (tertiary/aromatic N) is 3. The summed E-state index contributed by atoms with van der Waals surface area (Å²) in [7, 11) is 0. The highest BCUT2D eigenvalue weighted by molar-refractivity contribution is 7.15. The molecule has 2 aliphatic rings. The maximum absolute atomic E-state index is 13.4. The molecule has 2 N–H and O–H groups in total. The summed E-state index contributed by atoms with van der Waals surface area (Å²) in [6.07, 6.45) is 4.79. The Labute approximate surface area is 177 Å². The molecule has 1 saturated heterocycles. The van der Waals surface area contributed by atoms with Gasteiger partial charge in [-0.05, 0) is 42.7 Å². The van der Waals surface area contributed by atoms with E-state index in [-0.39, 0.29) is 17.1 Å². The van der Waals surface area contributed by atoms with Crippen molar-refractivity contribution in [2.24, 2.45) is 0 Å². The molecular weight excluding hydrogens is 403 g/mol. The van der Waals surface area contributed by atoms with Gasteiger partial charge in [0.1, 0.15) is 11.6 Å². The zero-order valence-corrected chi connectivity index (χ0v) is 17.1. The van der Waals surface area contributed by atoms with Crippen LogP contribution in [0.5, 0.6) is 0 Å². The molecule has 3 aromatic rings. The van der Waals surface area contributed by atoms with Crippen molar-refractivity contribution in [3.8, 4) is 10.6 Å². The molecule has 8 heteroatoms. The number of likely N-dealkylation sites (tertiary alicyclic amines) is 1. The van der Waals surface area contributed by atoms with E-state index in [1.165, 1.54) is 22.7 Å². The van der Waals surface area contributed by atoms with Crippen LogP contribution in [0.4, 0.5) is 10.2 Å². The first-order chi connectivity index (χ1) is 14.5. The fourth-order valence-corrected chi connectivity index (χ4v) is 5.53. The maximum Gasteiger partial charge on any atom is 0.255 e. The zero-order chi connectivity index (χ0) is 20.7. The highest BCUT2D eigenvalue weighted by Gasteiger charge is 2.43. The Bertz CT molecular complexity index is 1110. The minimum atomic E-state index is -0.504. The molecule has 0 radical (unpaired) electrons. The molecule has 6 nitrogen and oxygen atoms in total. The van der Waals surface area contributed by atoms with Crippen LogP contribution < -0.4 is 5.73 Å². The van der Waals surface area contributed by atoms with Crippen LogP contribution in [-0.2, 0) is 16.8 Å². The average Bonchev–Trinajstić information content (AvgIpc) is 3.20. The number of pyridine rings is 2. The molecule has 3 aromatic heterocycles. The molecule has 5 heterocycles. The topological polar surface area (TPSA) is 81.3 Å². The van der Waals surface area contributed by atoms with E-state index in [0.717, 1.165) is 23.2 Å². The third-order valence-electron chi connectivity index (χ3n) is 5.84. The molecule has 0 aromatic carbocycles. The summed E-state index contributed by atoms with van der Waals surface area (Å²) in [4.78, 5) is 25.1. The summed E-state index contributed by atoms with van der Waals surface area (Å²) in [5, 5.41) is 0. The number of fused-ring (bicyclic) bond motifs is 2. The Morgan fingerprint density at radius 2 is 2.07 bits per heavy atom. The average molecular weight is 425 g/mol. The standard InChI is InChI=1S/C22H21FN4O2S/c23-15-10-14(12-25-13-15)21(28)27-7-5-22(6-8-27)16-11-19(30-18(16)4-9-29-22)17-2-1-3-20(24)26-17/h1-3,10-13H,4-9H2,(H2,24,26). The van der Waals surface area contributed by atoms with Crippen LogP contribution in [0.15, 0.2) is 42.7 Å². The van der Waals surface area contributed by atoms with E-state index in [9.17, 15) is 9.18 Å². The van der Waals surface area contributed by atoms with Crippen molar-refractivity contribution in [1.29, 1.82) is 0 Å². The summed E-state index contributed by atoms with van der Waals surface area (Å²) < 4.78 is 19.8. The highest BCUT2D eigenvalue weighted by Crippen LogP contribution is 2.46. The van der Waals surface area contributed by atoms with Crippen molar-refractivity contribution in [3.05, 3.63) is 64.5 Å². The molecule has 0 bridgehead atoms. The fourth-order valence-electron chi connectivity index (χ4n) is 4.33. The number of hydrogen-bond acceptors (Lipinski definition) is 6. The predicted octanol–water partition coefficient (Wildman–Crippen LogP) is 3.63. The largest absolute Gasteiger partial charge is 0.384 e. The molecule has 0 saturated carbocycles. The van der Waals surface area contributed by atoms with Gasteiger partial charge in [0.25, 0.3) is 5.91 Å². The number of carbonyl (C=O) groups excluding carboxylic acids is 1. The summed E-state index contributed by atoms with van der Waals surface area (Å²) in [5.41, 5.74) is 7.83. The molecule has 30 heavy (non-hydrogen) atoms.